The van der Waals surface area contributed by atoms with Crippen molar-refractivity contribution in [3.05, 3.63) is 0 Å². The highest BCUT2D eigenvalue weighted by atomic mass is 16.1. The summed E-state index contributed by atoms with van der Waals surface area (Å²) in [5, 5.41) is 0. The molecule has 84 valence electrons. The Balaban J connectivity index is 3.63. The molecule has 0 N–H and O–H groups in total. The van der Waals surface area contributed by atoms with Crippen LogP contribution < -0.4 is 0 Å². The minimum Gasteiger partial charge on any atom is -0.303 e. The summed E-state index contributed by atoms with van der Waals surface area (Å²) >= 11 is 0. The predicted octanol–water partition coefficient (Wildman–Crippen LogP) is 2.72. The molecule has 0 aliphatic carbocycles. The number of rotatable bonds is 7. The van der Waals surface area contributed by atoms with E-state index in [1.54, 1.807) is 0 Å². The van der Waals surface area contributed by atoms with Crippen LogP contribution in [0.25, 0.3) is 0 Å². The summed E-state index contributed by atoms with van der Waals surface area (Å²) in [4.78, 5) is 13.4. The molecular formula is C12H25NO. The summed E-state index contributed by atoms with van der Waals surface area (Å²) in [7, 11) is 2.14. The van der Waals surface area contributed by atoms with Gasteiger partial charge in [0.25, 0.3) is 0 Å². The van der Waals surface area contributed by atoms with Crippen molar-refractivity contribution in [2.75, 3.05) is 13.6 Å². The molecule has 0 aromatic heterocycles. The Morgan fingerprint density at radius 2 is 1.86 bits per heavy atom. The summed E-state index contributed by atoms with van der Waals surface area (Å²) in [6.07, 6.45) is 2.43. The zero-order chi connectivity index (χ0) is 11.1. The van der Waals surface area contributed by atoms with Crippen LogP contribution in [0.15, 0.2) is 0 Å². The molecule has 0 spiro atoms. The Morgan fingerprint density at radius 3 is 2.29 bits per heavy atom. The van der Waals surface area contributed by atoms with E-state index in [1.807, 2.05) is 6.92 Å². The largest absolute Gasteiger partial charge is 0.303 e. The number of ketones is 1. The second kappa shape index (κ2) is 6.99. The van der Waals surface area contributed by atoms with Gasteiger partial charge in [-0.05, 0) is 32.9 Å². The lowest BCUT2D eigenvalue weighted by atomic mass is 10.0. The first-order chi connectivity index (χ1) is 6.49. The van der Waals surface area contributed by atoms with Gasteiger partial charge in [-0.15, -0.1) is 0 Å². The topological polar surface area (TPSA) is 20.3 Å². The lowest BCUT2D eigenvalue weighted by Gasteiger charge is -2.27. The smallest absolute Gasteiger partial charge is 0.132 e. The van der Waals surface area contributed by atoms with Crippen molar-refractivity contribution >= 4 is 5.78 Å². The van der Waals surface area contributed by atoms with Gasteiger partial charge in [0, 0.05) is 18.9 Å². The van der Waals surface area contributed by atoms with E-state index in [4.69, 9.17) is 0 Å². The zero-order valence-corrected chi connectivity index (χ0v) is 10.3. The molecule has 0 aliphatic heterocycles. The predicted molar refractivity (Wildman–Crippen MR) is 61.5 cm³/mol. The SMILES string of the molecule is CCC(=O)CCCN(C)C(C)C(C)C. The number of carbonyl (C=O) groups is 1. The minimum absolute atomic E-state index is 0.385. The van der Waals surface area contributed by atoms with E-state index in [0.29, 0.717) is 24.2 Å². The van der Waals surface area contributed by atoms with Crippen LogP contribution in [-0.4, -0.2) is 30.3 Å². The standard InChI is InChI=1S/C12H25NO/c1-6-12(14)8-7-9-13(5)11(4)10(2)3/h10-11H,6-9H2,1-5H3. The lowest BCUT2D eigenvalue weighted by molar-refractivity contribution is -0.118. The van der Waals surface area contributed by atoms with Crippen molar-refractivity contribution in [1.82, 2.24) is 4.90 Å². The first-order valence-corrected chi connectivity index (χ1v) is 5.71. The van der Waals surface area contributed by atoms with Crippen LogP contribution in [0.5, 0.6) is 0 Å². The lowest BCUT2D eigenvalue weighted by Crippen LogP contribution is -2.34. The maximum Gasteiger partial charge on any atom is 0.132 e. The zero-order valence-electron chi connectivity index (χ0n) is 10.3. The van der Waals surface area contributed by atoms with Crippen molar-refractivity contribution in [2.24, 2.45) is 5.92 Å². The maximum atomic E-state index is 11.1. The fraction of sp³-hybridized carbons (Fsp3) is 0.917. The summed E-state index contributed by atoms with van der Waals surface area (Å²) < 4.78 is 0. The van der Waals surface area contributed by atoms with Crippen molar-refractivity contribution in [1.29, 1.82) is 0 Å². The van der Waals surface area contributed by atoms with E-state index < -0.39 is 0 Å². The Labute approximate surface area is 88.7 Å². The van der Waals surface area contributed by atoms with E-state index in [9.17, 15) is 4.79 Å². The average Bonchev–Trinajstić information content (AvgIpc) is 2.15. The normalized spacial score (nSPS) is 13.6. The summed E-state index contributed by atoms with van der Waals surface area (Å²) in [5.74, 6) is 1.07. The van der Waals surface area contributed by atoms with Crippen molar-refractivity contribution in [3.63, 3.8) is 0 Å². The molecule has 2 heteroatoms. The molecule has 0 radical (unpaired) electrons. The number of hydrogen-bond acceptors (Lipinski definition) is 2. The average molecular weight is 199 g/mol. The van der Waals surface area contributed by atoms with Crippen molar-refractivity contribution in [2.45, 2.75) is 53.0 Å². The van der Waals surface area contributed by atoms with Gasteiger partial charge in [-0.1, -0.05) is 20.8 Å². The molecule has 0 amide bonds. The van der Waals surface area contributed by atoms with E-state index in [2.05, 4.69) is 32.7 Å². The fourth-order valence-electron chi connectivity index (χ4n) is 1.41. The first kappa shape index (κ1) is 13.6. The summed E-state index contributed by atoms with van der Waals surface area (Å²) in [6, 6.07) is 0.603. The van der Waals surface area contributed by atoms with Crippen LogP contribution in [0.1, 0.15) is 47.0 Å². The van der Waals surface area contributed by atoms with E-state index in [0.717, 1.165) is 19.4 Å². The minimum atomic E-state index is 0.385. The highest BCUT2D eigenvalue weighted by Crippen LogP contribution is 2.09. The third kappa shape index (κ3) is 5.38. The molecule has 0 saturated carbocycles. The second-order valence-corrected chi connectivity index (χ2v) is 4.46. The molecule has 0 heterocycles. The molecule has 2 nitrogen and oxygen atoms in total. The Bertz CT molecular complexity index is 166. The Morgan fingerprint density at radius 1 is 1.29 bits per heavy atom. The van der Waals surface area contributed by atoms with Crippen LogP contribution in [0.3, 0.4) is 0 Å². The molecule has 0 bridgehead atoms. The number of nitrogens with zero attached hydrogens (tertiary/aromatic N) is 1. The quantitative estimate of drug-likeness (QED) is 0.628. The van der Waals surface area contributed by atoms with Gasteiger partial charge in [-0.25, -0.2) is 0 Å². The number of Topliss-reactive ketones (excluding diaryl/α,β-unsaturated/α-hetero) is 1. The van der Waals surface area contributed by atoms with Gasteiger partial charge in [0.1, 0.15) is 5.78 Å². The van der Waals surface area contributed by atoms with Gasteiger partial charge in [0.2, 0.25) is 0 Å². The van der Waals surface area contributed by atoms with Gasteiger partial charge >= 0.3 is 0 Å². The molecule has 1 atom stereocenters. The van der Waals surface area contributed by atoms with Crippen molar-refractivity contribution < 1.29 is 4.79 Å². The number of hydrogen-bond donors (Lipinski definition) is 0. The van der Waals surface area contributed by atoms with E-state index in [-0.39, 0.29) is 0 Å². The van der Waals surface area contributed by atoms with E-state index >= 15 is 0 Å². The number of carbonyl (C=O) groups excluding carboxylic acids is 1. The van der Waals surface area contributed by atoms with Crippen LogP contribution in [0.2, 0.25) is 0 Å². The fourth-order valence-corrected chi connectivity index (χ4v) is 1.41. The third-order valence-electron chi connectivity index (χ3n) is 3.02. The van der Waals surface area contributed by atoms with Gasteiger partial charge in [0.15, 0.2) is 0 Å². The van der Waals surface area contributed by atoms with Crippen LogP contribution in [-0.2, 0) is 4.79 Å². The summed E-state index contributed by atoms with van der Waals surface area (Å²) in [5.41, 5.74) is 0. The van der Waals surface area contributed by atoms with Crippen LogP contribution in [0, 0.1) is 5.92 Å². The molecule has 0 saturated heterocycles. The van der Waals surface area contributed by atoms with Crippen molar-refractivity contribution in [3.8, 4) is 0 Å². The highest BCUT2D eigenvalue weighted by Gasteiger charge is 2.12. The van der Waals surface area contributed by atoms with Gasteiger partial charge < -0.3 is 4.90 Å². The molecular weight excluding hydrogens is 174 g/mol. The molecule has 0 aromatic carbocycles. The Kier molecular flexibility index (Phi) is 6.81. The third-order valence-corrected chi connectivity index (χ3v) is 3.02. The van der Waals surface area contributed by atoms with Crippen LogP contribution in [0.4, 0.5) is 0 Å². The molecule has 0 aliphatic rings. The first-order valence-electron chi connectivity index (χ1n) is 5.71. The monoisotopic (exact) mass is 199 g/mol. The molecule has 0 aromatic rings. The second-order valence-electron chi connectivity index (χ2n) is 4.46. The molecule has 1 unspecified atom stereocenters. The van der Waals surface area contributed by atoms with Gasteiger partial charge in [-0.2, -0.15) is 0 Å². The Hall–Kier alpha value is -0.370. The molecule has 0 rings (SSSR count). The molecule has 0 fully saturated rings. The highest BCUT2D eigenvalue weighted by molar-refractivity contribution is 5.77. The van der Waals surface area contributed by atoms with Gasteiger partial charge in [0.05, 0.1) is 0 Å². The maximum absolute atomic E-state index is 11.1. The summed E-state index contributed by atoms with van der Waals surface area (Å²) in [6.45, 7) is 9.68. The van der Waals surface area contributed by atoms with E-state index in [1.165, 1.54) is 0 Å². The molecule has 14 heavy (non-hydrogen) atoms. The van der Waals surface area contributed by atoms with Crippen LogP contribution >= 0.6 is 0 Å². The van der Waals surface area contributed by atoms with Gasteiger partial charge in [-0.3, -0.25) is 4.79 Å².